The standard InChI is InChI=1S/C13H23N/c1-8-6-13(7-9(8)2)11-4-3-10(5-11)12(13)14/h8-12H,3-7,14H2,1-2H3/t8-,9-,10-,11+,12+/m0/s1. The van der Waals surface area contributed by atoms with E-state index in [0.717, 1.165) is 23.7 Å². The molecule has 14 heavy (non-hydrogen) atoms. The molecule has 0 radical (unpaired) electrons. The van der Waals surface area contributed by atoms with Gasteiger partial charge in [-0.05, 0) is 61.2 Å². The van der Waals surface area contributed by atoms with Gasteiger partial charge in [-0.3, -0.25) is 0 Å². The minimum atomic E-state index is 0.550. The van der Waals surface area contributed by atoms with Crippen LogP contribution in [0.2, 0.25) is 0 Å². The summed E-state index contributed by atoms with van der Waals surface area (Å²) in [6.07, 6.45) is 7.22. The summed E-state index contributed by atoms with van der Waals surface area (Å²) in [6, 6.07) is 0.550. The Morgan fingerprint density at radius 3 is 2.21 bits per heavy atom. The third kappa shape index (κ3) is 0.946. The molecule has 0 saturated heterocycles. The van der Waals surface area contributed by atoms with Gasteiger partial charge in [0.1, 0.15) is 0 Å². The van der Waals surface area contributed by atoms with Crippen molar-refractivity contribution < 1.29 is 0 Å². The van der Waals surface area contributed by atoms with Crippen molar-refractivity contribution in [2.24, 2.45) is 34.8 Å². The molecule has 2 N–H and O–H groups in total. The maximum absolute atomic E-state index is 6.48. The fraction of sp³-hybridized carbons (Fsp3) is 1.00. The van der Waals surface area contributed by atoms with Gasteiger partial charge in [-0.25, -0.2) is 0 Å². The molecule has 2 bridgehead atoms. The van der Waals surface area contributed by atoms with E-state index in [-0.39, 0.29) is 0 Å². The van der Waals surface area contributed by atoms with Crippen LogP contribution in [0.5, 0.6) is 0 Å². The predicted molar refractivity (Wildman–Crippen MR) is 58.8 cm³/mol. The number of hydrogen-bond donors (Lipinski definition) is 1. The first-order chi connectivity index (χ1) is 6.63. The van der Waals surface area contributed by atoms with Gasteiger partial charge in [-0.1, -0.05) is 13.8 Å². The lowest BCUT2D eigenvalue weighted by Crippen LogP contribution is -2.44. The van der Waals surface area contributed by atoms with Crippen LogP contribution in [0.25, 0.3) is 0 Å². The molecular weight excluding hydrogens is 170 g/mol. The molecule has 0 aromatic rings. The van der Waals surface area contributed by atoms with Crippen molar-refractivity contribution in [1.29, 1.82) is 0 Å². The highest BCUT2D eigenvalue weighted by atomic mass is 14.8. The van der Waals surface area contributed by atoms with E-state index in [9.17, 15) is 0 Å². The highest BCUT2D eigenvalue weighted by molar-refractivity contribution is 5.11. The molecule has 1 heteroatoms. The Balaban J connectivity index is 1.91. The highest BCUT2D eigenvalue weighted by Gasteiger charge is 2.59. The van der Waals surface area contributed by atoms with Gasteiger partial charge in [0.25, 0.3) is 0 Å². The third-order valence-corrected chi connectivity index (χ3v) is 5.83. The van der Waals surface area contributed by atoms with Crippen molar-refractivity contribution in [3.05, 3.63) is 0 Å². The van der Waals surface area contributed by atoms with E-state index in [1.807, 2.05) is 0 Å². The molecule has 80 valence electrons. The summed E-state index contributed by atoms with van der Waals surface area (Å²) >= 11 is 0. The van der Waals surface area contributed by atoms with Crippen LogP contribution in [0.15, 0.2) is 0 Å². The Labute approximate surface area is 87.4 Å². The lowest BCUT2D eigenvalue weighted by atomic mass is 9.68. The fourth-order valence-corrected chi connectivity index (χ4v) is 4.90. The number of rotatable bonds is 0. The van der Waals surface area contributed by atoms with Crippen LogP contribution in [-0.2, 0) is 0 Å². The smallest absolute Gasteiger partial charge is 0.0127 e. The maximum Gasteiger partial charge on any atom is 0.0127 e. The average Bonchev–Trinajstić information content (AvgIpc) is 2.76. The Hall–Kier alpha value is -0.0400. The summed E-state index contributed by atoms with van der Waals surface area (Å²) in [5.74, 6) is 3.72. The van der Waals surface area contributed by atoms with Gasteiger partial charge in [-0.2, -0.15) is 0 Å². The van der Waals surface area contributed by atoms with Gasteiger partial charge in [0.15, 0.2) is 0 Å². The van der Waals surface area contributed by atoms with Crippen molar-refractivity contribution in [1.82, 2.24) is 0 Å². The van der Waals surface area contributed by atoms with Crippen LogP contribution < -0.4 is 5.73 Å². The zero-order valence-corrected chi connectivity index (χ0v) is 9.50. The molecule has 0 amide bonds. The lowest BCUT2D eigenvalue weighted by Gasteiger charge is -2.39. The molecule has 0 aliphatic heterocycles. The summed E-state index contributed by atoms with van der Waals surface area (Å²) in [5, 5.41) is 0. The first-order valence-corrected chi connectivity index (χ1v) is 6.39. The van der Waals surface area contributed by atoms with E-state index in [1.54, 1.807) is 0 Å². The maximum atomic E-state index is 6.48. The van der Waals surface area contributed by atoms with Crippen molar-refractivity contribution in [3.8, 4) is 0 Å². The second-order valence-corrected chi connectivity index (χ2v) is 6.39. The summed E-state index contributed by atoms with van der Waals surface area (Å²) in [5.41, 5.74) is 7.07. The van der Waals surface area contributed by atoms with Crippen molar-refractivity contribution in [3.63, 3.8) is 0 Å². The molecule has 3 aliphatic carbocycles. The van der Waals surface area contributed by atoms with Crippen LogP contribution in [0.4, 0.5) is 0 Å². The third-order valence-electron chi connectivity index (χ3n) is 5.83. The number of fused-ring (bicyclic) bond motifs is 3. The van der Waals surface area contributed by atoms with Gasteiger partial charge in [-0.15, -0.1) is 0 Å². The molecule has 5 atom stereocenters. The summed E-state index contributed by atoms with van der Waals surface area (Å²) in [6.45, 7) is 4.86. The topological polar surface area (TPSA) is 26.0 Å². The molecule has 0 aromatic heterocycles. The van der Waals surface area contributed by atoms with Crippen LogP contribution >= 0.6 is 0 Å². The quantitative estimate of drug-likeness (QED) is 0.629. The summed E-state index contributed by atoms with van der Waals surface area (Å²) < 4.78 is 0. The van der Waals surface area contributed by atoms with Crippen molar-refractivity contribution in [2.75, 3.05) is 0 Å². The van der Waals surface area contributed by atoms with E-state index in [4.69, 9.17) is 5.73 Å². The molecule has 3 rings (SSSR count). The van der Waals surface area contributed by atoms with Crippen LogP contribution in [-0.4, -0.2) is 6.04 Å². The average molecular weight is 193 g/mol. The molecule has 0 unspecified atom stereocenters. The zero-order chi connectivity index (χ0) is 9.92. The molecular formula is C13H23N. The normalized spacial score (nSPS) is 54.6. The minimum absolute atomic E-state index is 0.550. The zero-order valence-electron chi connectivity index (χ0n) is 9.50. The van der Waals surface area contributed by atoms with Gasteiger partial charge < -0.3 is 5.73 Å². The molecule has 0 heterocycles. The van der Waals surface area contributed by atoms with Crippen molar-refractivity contribution >= 4 is 0 Å². The second-order valence-electron chi connectivity index (χ2n) is 6.39. The summed E-state index contributed by atoms with van der Waals surface area (Å²) in [7, 11) is 0. The minimum Gasteiger partial charge on any atom is -0.327 e. The fourth-order valence-electron chi connectivity index (χ4n) is 4.90. The van der Waals surface area contributed by atoms with E-state index in [2.05, 4.69) is 13.8 Å². The molecule has 3 saturated carbocycles. The Bertz CT molecular complexity index is 234. The van der Waals surface area contributed by atoms with Crippen LogP contribution in [0, 0.1) is 29.1 Å². The Kier molecular flexibility index (Phi) is 1.81. The monoisotopic (exact) mass is 193 g/mol. The highest BCUT2D eigenvalue weighted by Crippen LogP contribution is 2.64. The molecule has 3 fully saturated rings. The van der Waals surface area contributed by atoms with Crippen LogP contribution in [0.3, 0.4) is 0 Å². The molecule has 1 spiro atoms. The molecule has 3 aliphatic rings. The Morgan fingerprint density at radius 1 is 1.07 bits per heavy atom. The van der Waals surface area contributed by atoms with E-state index >= 15 is 0 Å². The SMILES string of the molecule is C[C@H]1CC2(C[C@@H]1C)[C@@H]1CC[C@@H](C1)[C@H]2N. The van der Waals surface area contributed by atoms with Gasteiger partial charge >= 0.3 is 0 Å². The largest absolute Gasteiger partial charge is 0.327 e. The van der Waals surface area contributed by atoms with Crippen molar-refractivity contribution in [2.45, 2.75) is 52.0 Å². The van der Waals surface area contributed by atoms with E-state index in [1.165, 1.54) is 32.1 Å². The van der Waals surface area contributed by atoms with Gasteiger partial charge in [0.05, 0.1) is 0 Å². The molecule has 1 nitrogen and oxygen atoms in total. The predicted octanol–water partition coefficient (Wildman–Crippen LogP) is 2.80. The lowest BCUT2D eigenvalue weighted by molar-refractivity contribution is 0.131. The molecule has 0 aromatic carbocycles. The van der Waals surface area contributed by atoms with Gasteiger partial charge in [0.2, 0.25) is 0 Å². The van der Waals surface area contributed by atoms with Crippen LogP contribution in [0.1, 0.15) is 46.0 Å². The first kappa shape index (κ1) is 9.21. The second kappa shape index (κ2) is 2.75. The van der Waals surface area contributed by atoms with E-state index in [0.29, 0.717) is 11.5 Å². The summed E-state index contributed by atoms with van der Waals surface area (Å²) in [4.78, 5) is 0. The number of nitrogens with two attached hydrogens (primary N) is 1. The number of hydrogen-bond acceptors (Lipinski definition) is 1. The Morgan fingerprint density at radius 2 is 1.71 bits per heavy atom. The van der Waals surface area contributed by atoms with Gasteiger partial charge in [0, 0.05) is 6.04 Å². The first-order valence-electron chi connectivity index (χ1n) is 6.39. The van der Waals surface area contributed by atoms with E-state index < -0.39 is 0 Å².